The van der Waals surface area contributed by atoms with Gasteiger partial charge in [-0.05, 0) is 30.2 Å². The number of thiocyanates is 1. The zero-order chi connectivity index (χ0) is 8.10. The molecule has 0 aromatic rings. The third-order valence-electron chi connectivity index (χ3n) is 1.48. The molecule has 0 unspecified atom stereocenters. The van der Waals surface area contributed by atoms with Crippen LogP contribution in [0.25, 0.3) is 0 Å². The van der Waals surface area contributed by atoms with E-state index >= 15 is 0 Å². The maximum atomic E-state index is 8.31. The minimum Gasteiger partial charge on any atom is -0.185 e. The third-order valence-corrected chi connectivity index (χ3v) is 2.46. The zero-order valence-corrected chi connectivity index (χ0v) is 7.58. The lowest BCUT2D eigenvalue weighted by Crippen LogP contribution is -1.91. The van der Waals surface area contributed by atoms with E-state index in [2.05, 4.69) is 6.08 Å². The first-order valence-corrected chi connectivity index (χ1v) is 4.77. The highest BCUT2D eigenvalue weighted by Gasteiger charge is 2.05. The van der Waals surface area contributed by atoms with Crippen LogP contribution in [-0.2, 0) is 0 Å². The van der Waals surface area contributed by atoms with E-state index in [1.54, 1.807) is 0 Å². The Morgan fingerprint density at radius 1 is 1.55 bits per heavy atom. The lowest BCUT2D eigenvalue weighted by molar-refractivity contribution is 1.01. The molecule has 58 valence electrons. The molecular formula is C8H8ClNS. The molecule has 0 heterocycles. The number of hydrogen-bond donors (Lipinski definition) is 0. The molecule has 3 heteroatoms. The Morgan fingerprint density at radius 2 is 2.27 bits per heavy atom. The summed E-state index contributed by atoms with van der Waals surface area (Å²) in [6.07, 6.45) is 6.19. The highest BCUT2D eigenvalue weighted by Crippen LogP contribution is 2.24. The SMILES string of the molecule is N#CSCC1=CCCC=C1Cl. The number of hydrogen-bond acceptors (Lipinski definition) is 2. The maximum absolute atomic E-state index is 8.31. The van der Waals surface area contributed by atoms with Gasteiger partial charge >= 0.3 is 0 Å². The average Bonchev–Trinajstić information content (AvgIpc) is 2.03. The monoisotopic (exact) mass is 185 g/mol. The van der Waals surface area contributed by atoms with E-state index in [0.29, 0.717) is 5.75 Å². The summed E-state index contributed by atoms with van der Waals surface area (Å²) in [5.41, 5.74) is 1.10. The predicted molar refractivity (Wildman–Crippen MR) is 49.3 cm³/mol. The second-order valence-electron chi connectivity index (χ2n) is 2.24. The second kappa shape index (κ2) is 4.48. The van der Waals surface area contributed by atoms with Crippen LogP contribution in [0, 0.1) is 10.7 Å². The summed E-state index contributed by atoms with van der Waals surface area (Å²) in [7, 11) is 0. The van der Waals surface area contributed by atoms with Crippen molar-refractivity contribution in [1.29, 1.82) is 5.26 Å². The third kappa shape index (κ3) is 2.61. The van der Waals surface area contributed by atoms with Gasteiger partial charge < -0.3 is 0 Å². The first kappa shape index (κ1) is 8.70. The van der Waals surface area contributed by atoms with Gasteiger partial charge in [0.25, 0.3) is 0 Å². The fourth-order valence-electron chi connectivity index (χ4n) is 0.934. The van der Waals surface area contributed by atoms with Crippen LogP contribution in [0.2, 0.25) is 0 Å². The van der Waals surface area contributed by atoms with Gasteiger partial charge in [-0.1, -0.05) is 23.8 Å². The standard InChI is InChI=1S/C8H8ClNS/c9-8-4-2-1-3-7(8)5-11-6-10/h3-4H,1-2,5H2. The summed E-state index contributed by atoms with van der Waals surface area (Å²) in [6, 6.07) is 0. The number of thioether (sulfide) groups is 1. The molecule has 0 bridgehead atoms. The molecule has 0 N–H and O–H groups in total. The molecule has 0 aromatic heterocycles. The molecule has 0 saturated carbocycles. The van der Waals surface area contributed by atoms with Crippen molar-refractivity contribution in [1.82, 2.24) is 0 Å². The van der Waals surface area contributed by atoms with Crippen LogP contribution in [-0.4, -0.2) is 5.75 Å². The Bertz CT molecular complexity index is 237. The fraction of sp³-hybridized carbons (Fsp3) is 0.375. The number of allylic oxidation sites excluding steroid dienone is 3. The van der Waals surface area contributed by atoms with Gasteiger partial charge in [-0.15, -0.1) is 0 Å². The van der Waals surface area contributed by atoms with Crippen LogP contribution in [0.5, 0.6) is 0 Å². The molecule has 0 radical (unpaired) electrons. The van der Waals surface area contributed by atoms with Crippen molar-refractivity contribution in [3.05, 3.63) is 22.8 Å². The Hall–Kier alpha value is -0.390. The van der Waals surface area contributed by atoms with Crippen LogP contribution in [0.3, 0.4) is 0 Å². The predicted octanol–water partition coefficient (Wildman–Crippen LogP) is 3.04. The van der Waals surface area contributed by atoms with Gasteiger partial charge in [0.1, 0.15) is 5.40 Å². The van der Waals surface area contributed by atoms with Gasteiger partial charge in [0.15, 0.2) is 0 Å². The second-order valence-corrected chi connectivity index (χ2v) is 3.41. The molecular weight excluding hydrogens is 178 g/mol. The van der Waals surface area contributed by atoms with Crippen molar-refractivity contribution in [2.75, 3.05) is 5.75 Å². The van der Waals surface area contributed by atoms with E-state index in [9.17, 15) is 0 Å². The van der Waals surface area contributed by atoms with Gasteiger partial charge in [0, 0.05) is 10.8 Å². The van der Waals surface area contributed by atoms with Crippen LogP contribution in [0.4, 0.5) is 0 Å². The molecule has 0 aliphatic heterocycles. The molecule has 1 rings (SSSR count). The van der Waals surface area contributed by atoms with Crippen molar-refractivity contribution >= 4 is 23.4 Å². The van der Waals surface area contributed by atoms with E-state index in [4.69, 9.17) is 16.9 Å². The average molecular weight is 186 g/mol. The van der Waals surface area contributed by atoms with Crippen molar-refractivity contribution in [2.45, 2.75) is 12.8 Å². The van der Waals surface area contributed by atoms with Crippen LogP contribution in [0.1, 0.15) is 12.8 Å². The number of rotatable bonds is 2. The van der Waals surface area contributed by atoms with E-state index in [-0.39, 0.29) is 0 Å². The Balaban J connectivity index is 2.51. The maximum Gasteiger partial charge on any atom is 0.133 e. The number of halogens is 1. The normalized spacial score (nSPS) is 16.7. The highest BCUT2D eigenvalue weighted by molar-refractivity contribution is 8.03. The first-order valence-electron chi connectivity index (χ1n) is 3.40. The summed E-state index contributed by atoms with van der Waals surface area (Å²) < 4.78 is 0. The van der Waals surface area contributed by atoms with Gasteiger partial charge in [0.05, 0.1) is 0 Å². The Morgan fingerprint density at radius 3 is 2.91 bits per heavy atom. The topological polar surface area (TPSA) is 23.8 Å². The molecule has 0 atom stereocenters. The molecule has 1 aliphatic carbocycles. The first-order chi connectivity index (χ1) is 5.34. The van der Waals surface area contributed by atoms with Gasteiger partial charge in [-0.25, -0.2) is 0 Å². The fourth-order valence-corrected chi connectivity index (χ4v) is 1.76. The van der Waals surface area contributed by atoms with E-state index in [0.717, 1.165) is 23.4 Å². The van der Waals surface area contributed by atoms with Gasteiger partial charge in [-0.2, -0.15) is 5.26 Å². The Labute approximate surface area is 75.7 Å². The minimum atomic E-state index is 0.714. The molecule has 1 aliphatic rings. The molecule has 11 heavy (non-hydrogen) atoms. The smallest absolute Gasteiger partial charge is 0.133 e. The molecule has 0 spiro atoms. The van der Waals surface area contributed by atoms with Crippen LogP contribution >= 0.6 is 23.4 Å². The van der Waals surface area contributed by atoms with E-state index < -0.39 is 0 Å². The van der Waals surface area contributed by atoms with Crippen molar-refractivity contribution in [3.8, 4) is 5.40 Å². The van der Waals surface area contributed by atoms with Gasteiger partial charge in [-0.3, -0.25) is 0 Å². The van der Waals surface area contributed by atoms with E-state index in [1.807, 2.05) is 11.5 Å². The largest absolute Gasteiger partial charge is 0.185 e. The quantitative estimate of drug-likeness (QED) is 0.618. The molecule has 1 nitrogen and oxygen atoms in total. The zero-order valence-electron chi connectivity index (χ0n) is 6.01. The minimum absolute atomic E-state index is 0.714. The Kier molecular flexibility index (Phi) is 3.55. The lowest BCUT2D eigenvalue weighted by Gasteiger charge is -2.07. The van der Waals surface area contributed by atoms with Crippen molar-refractivity contribution in [2.24, 2.45) is 0 Å². The molecule has 0 aromatic carbocycles. The lowest BCUT2D eigenvalue weighted by atomic mass is 10.1. The summed E-state index contributed by atoms with van der Waals surface area (Å²) in [4.78, 5) is 0. The summed E-state index contributed by atoms with van der Waals surface area (Å²) >= 11 is 7.12. The van der Waals surface area contributed by atoms with Crippen LogP contribution in [0.15, 0.2) is 22.8 Å². The van der Waals surface area contributed by atoms with E-state index in [1.165, 1.54) is 11.8 Å². The van der Waals surface area contributed by atoms with Crippen molar-refractivity contribution < 1.29 is 0 Å². The molecule has 0 saturated heterocycles. The van der Waals surface area contributed by atoms with Crippen molar-refractivity contribution in [3.63, 3.8) is 0 Å². The molecule has 0 fully saturated rings. The van der Waals surface area contributed by atoms with Crippen LogP contribution < -0.4 is 0 Å². The summed E-state index contributed by atoms with van der Waals surface area (Å²) in [6.45, 7) is 0. The number of nitriles is 1. The van der Waals surface area contributed by atoms with Gasteiger partial charge in [0.2, 0.25) is 0 Å². The number of nitrogens with zero attached hydrogens (tertiary/aromatic N) is 1. The summed E-state index contributed by atoms with van der Waals surface area (Å²) in [5.74, 6) is 0.714. The molecule has 0 amide bonds. The highest BCUT2D eigenvalue weighted by atomic mass is 35.5. The summed E-state index contributed by atoms with van der Waals surface area (Å²) in [5, 5.41) is 11.2.